The van der Waals surface area contributed by atoms with E-state index >= 15 is 0 Å². The van der Waals surface area contributed by atoms with E-state index in [1.165, 1.54) is 0 Å². The first-order chi connectivity index (χ1) is 10.1. The number of carbonyl (C=O) groups is 1. The molecule has 1 aromatic heterocycles. The number of morpholine rings is 1. The van der Waals surface area contributed by atoms with Crippen molar-refractivity contribution in [1.29, 1.82) is 0 Å². The first-order valence-electron chi connectivity index (χ1n) is 7.47. The van der Waals surface area contributed by atoms with Crippen molar-refractivity contribution >= 4 is 11.8 Å². The maximum absolute atomic E-state index is 11.7. The average Bonchev–Trinajstić information content (AvgIpc) is 2.44. The number of urea groups is 1. The summed E-state index contributed by atoms with van der Waals surface area (Å²) in [4.78, 5) is 18.1. The standard InChI is InChI=1S/C15H24N4O2/c1-12-10-19(11-13(2)21-12)9-5-8-17-15(20)18-14-6-3-4-7-16-14/h3-4,6-7,12-13H,5,8-11H2,1-2H3,(H2,16,17,18,20)/t12-,13-/m0/s1. The highest BCUT2D eigenvalue weighted by atomic mass is 16.5. The number of nitrogens with zero attached hydrogens (tertiary/aromatic N) is 2. The second-order valence-corrected chi connectivity index (χ2v) is 5.47. The van der Waals surface area contributed by atoms with Gasteiger partial charge in [-0.2, -0.15) is 0 Å². The van der Waals surface area contributed by atoms with Gasteiger partial charge < -0.3 is 10.1 Å². The van der Waals surface area contributed by atoms with E-state index in [4.69, 9.17) is 4.74 Å². The van der Waals surface area contributed by atoms with Gasteiger partial charge in [0.1, 0.15) is 5.82 Å². The minimum atomic E-state index is -0.211. The first kappa shape index (κ1) is 15.7. The third kappa shape index (κ3) is 5.69. The van der Waals surface area contributed by atoms with E-state index in [0.29, 0.717) is 12.4 Å². The van der Waals surface area contributed by atoms with Crippen LogP contribution in [0.1, 0.15) is 20.3 Å². The summed E-state index contributed by atoms with van der Waals surface area (Å²) in [6.07, 6.45) is 3.15. The maximum atomic E-state index is 11.7. The van der Waals surface area contributed by atoms with Gasteiger partial charge in [-0.25, -0.2) is 9.78 Å². The molecule has 2 heterocycles. The Balaban J connectivity index is 1.60. The van der Waals surface area contributed by atoms with Gasteiger partial charge in [0, 0.05) is 32.4 Å². The van der Waals surface area contributed by atoms with Crippen molar-refractivity contribution in [3.63, 3.8) is 0 Å². The van der Waals surface area contributed by atoms with E-state index in [1.54, 1.807) is 12.3 Å². The third-order valence-electron chi connectivity index (χ3n) is 3.34. The van der Waals surface area contributed by atoms with E-state index in [0.717, 1.165) is 26.1 Å². The molecule has 2 atom stereocenters. The van der Waals surface area contributed by atoms with Crippen LogP contribution >= 0.6 is 0 Å². The van der Waals surface area contributed by atoms with E-state index in [2.05, 4.69) is 34.4 Å². The molecule has 1 aromatic rings. The number of carbonyl (C=O) groups excluding carboxylic acids is 1. The highest BCUT2D eigenvalue weighted by Crippen LogP contribution is 2.10. The van der Waals surface area contributed by atoms with Crippen molar-refractivity contribution in [3.05, 3.63) is 24.4 Å². The molecule has 1 aliphatic heterocycles. The van der Waals surface area contributed by atoms with Crippen molar-refractivity contribution in [3.8, 4) is 0 Å². The Morgan fingerprint density at radius 1 is 1.38 bits per heavy atom. The predicted octanol–water partition coefficient (Wildman–Crippen LogP) is 1.70. The monoisotopic (exact) mass is 292 g/mol. The van der Waals surface area contributed by atoms with Crippen LogP contribution in [0, 0.1) is 0 Å². The third-order valence-corrected chi connectivity index (χ3v) is 3.34. The van der Waals surface area contributed by atoms with Crippen molar-refractivity contribution < 1.29 is 9.53 Å². The van der Waals surface area contributed by atoms with Crippen LogP contribution in [0.25, 0.3) is 0 Å². The topological polar surface area (TPSA) is 66.5 Å². The highest BCUT2D eigenvalue weighted by Gasteiger charge is 2.21. The summed E-state index contributed by atoms with van der Waals surface area (Å²) >= 11 is 0. The molecule has 2 amide bonds. The zero-order chi connectivity index (χ0) is 15.1. The molecule has 0 spiro atoms. The van der Waals surface area contributed by atoms with Gasteiger partial charge in [-0.15, -0.1) is 0 Å². The number of anilines is 1. The van der Waals surface area contributed by atoms with Gasteiger partial charge >= 0.3 is 6.03 Å². The number of amides is 2. The van der Waals surface area contributed by atoms with E-state index in [1.807, 2.05) is 12.1 Å². The maximum Gasteiger partial charge on any atom is 0.320 e. The van der Waals surface area contributed by atoms with Crippen LogP contribution in [-0.2, 0) is 4.74 Å². The van der Waals surface area contributed by atoms with Crippen LogP contribution in [0.15, 0.2) is 24.4 Å². The van der Waals surface area contributed by atoms with Gasteiger partial charge in [-0.05, 0) is 32.4 Å². The Bertz CT molecular complexity index is 431. The molecule has 1 aliphatic rings. The number of pyridine rings is 1. The van der Waals surface area contributed by atoms with Crippen molar-refractivity contribution in [2.45, 2.75) is 32.5 Å². The number of aromatic nitrogens is 1. The summed E-state index contributed by atoms with van der Waals surface area (Å²) < 4.78 is 5.70. The first-order valence-corrected chi connectivity index (χ1v) is 7.47. The SMILES string of the molecule is C[C@H]1CN(CCCNC(=O)Nc2ccccn2)C[C@H](C)O1. The fourth-order valence-corrected chi connectivity index (χ4v) is 2.57. The van der Waals surface area contributed by atoms with Gasteiger partial charge in [0.05, 0.1) is 12.2 Å². The number of rotatable bonds is 5. The Hall–Kier alpha value is -1.66. The molecular weight excluding hydrogens is 268 g/mol. The normalized spacial score (nSPS) is 22.8. The molecule has 1 saturated heterocycles. The Kier molecular flexibility index (Phi) is 5.95. The molecular formula is C15H24N4O2. The number of ether oxygens (including phenoxy) is 1. The predicted molar refractivity (Wildman–Crippen MR) is 82.3 cm³/mol. The molecule has 116 valence electrons. The van der Waals surface area contributed by atoms with Crippen molar-refractivity contribution in [2.75, 3.05) is 31.5 Å². The number of hydrogen-bond acceptors (Lipinski definition) is 4. The minimum absolute atomic E-state index is 0.211. The number of nitrogens with one attached hydrogen (secondary N) is 2. The lowest BCUT2D eigenvalue weighted by atomic mass is 10.2. The molecule has 21 heavy (non-hydrogen) atoms. The molecule has 0 unspecified atom stereocenters. The van der Waals surface area contributed by atoms with Gasteiger partial charge in [-0.1, -0.05) is 6.07 Å². The van der Waals surface area contributed by atoms with Gasteiger partial charge in [0.15, 0.2) is 0 Å². The Morgan fingerprint density at radius 3 is 2.81 bits per heavy atom. The summed E-state index contributed by atoms with van der Waals surface area (Å²) in [7, 11) is 0. The van der Waals surface area contributed by atoms with Gasteiger partial charge in [-0.3, -0.25) is 10.2 Å². The van der Waals surface area contributed by atoms with E-state index in [9.17, 15) is 4.79 Å². The lowest BCUT2D eigenvalue weighted by molar-refractivity contribution is -0.0679. The smallest absolute Gasteiger partial charge is 0.320 e. The second kappa shape index (κ2) is 7.95. The molecule has 6 heteroatoms. The van der Waals surface area contributed by atoms with Crippen LogP contribution in [-0.4, -0.2) is 54.3 Å². The van der Waals surface area contributed by atoms with E-state index in [-0.39, 0.29) is 18.2 Å². The van der Waals surface area contributed by atoms with Crippen LogP contribution in [0.3, 0.4) is 0 Å². The number of hydrogen-bond donors (Lipinski definition) is 2. The highest BCUT2D eigenvalue weighted by molar-refractivity contribution is 5.88. The van der Waals surface area contributed by atoms with Gasteiger partial charge in [0.2, 0.25) is 0 Å². The molecule has 1 fully saturated rings. The summed E-state index contributed by atoms with van der Waals surface area (Å²) in [6.45, 7) is 7.75. The molecule has 6 nitrogen and oxygen atoms in total. The van der Waals surface area contributed by atoms with Gasteiger partial charge in [0.25, 0.3) is 0 Å². The second-order valence-electron chi connectivity index (χ2n) is 5.47. The summed E-state index contributed by atoms with van der Waals surface area (Å²) in [5.41, 5.74) is 0. The summed E-state index contributed by atoms with van der Waals surface area (Å²) in [6, 6.07) is 5.20. The van der Waals surface area contributed by atoms with Crippen LogP contribution < -0.4 is 10.6 Å². The molecule has 2 rings (SSSR count). The Labute approximate surface area is 125 Å². The Morgan fingerprint density at radius 2 is 2.14 bits per heavy atom. The van der Waals surface area contributed by atoms with Crippen LogP contribution in [0.2, 0.25) is 0 Å². The molecule has 0 bridgehead atoms. The summed E-state index contributed by atoms with van der Waals surface area (Å²) in [5, 5.41) is 5.54. The quantitative estimate of drug-likeness (QED) is 0.811. The van der Waals surface area contributed by atoms with Crippen LogP contribution in [0.4, 0.5) is 10.6 Å². The molecule has 0 radical (unpaired) electrons. The molecule has 2 N–H and O–H groups in total. The zero-order valence-corrected chi connectivity index (χ0v) is 12.7. The minimum Gasteiger partial charge on any atom is -0.373 e. The lowest BCUT2D eigenvalue weighted by Gasteiger charge is -2.35. The molecule has 0 saturated carbocycles. The van der Waals surface area contributed by atoms with Crippen molar-refractivity contribution in [1.82, 2.24) is 15.2 Å². The fraction of sp³-hybridized carbons (Fsp3) is 0.600. The summed E-state index contributed by atoms with van der Waals surface area (Å²) in [5.74, 6) is 0.561. The van der Waals surface area contributed by atoms with Crippen LogP contribution in [0.5, 0.6) is 0 Å². The van der Waals surface area contributed by atoms with E-state index < -0.39 is 0 Å². The lowest BCUT2D eigenvalue weighted by Crippen LogP contribution is -2.46. The largest absolute Gasteiger partial charge is 0.373 e. The molecule has 0 aliphatic carbocycles. The fourth-order valence-electron chi connectivity index (χ4n) is 2.57. The zero-order valence-electron chi connectivity index (χ0n) is 12.7. The molecule has 0 aromatic carbocycles. The average molecular weight is 292 g/mol. The van der Waals surface area contributed by atoms with Crippen molar-refractivity contribution in [2.24, 2.45) is 0 Å².